The lowest BCUT2D eigenvalue weighted by Gasteiger charge is -2.34. The molecule has 2 aliphatic rings. The van der Waals surface area contributed by atoms with Crippen molar-refractivity contribution in [2.24, 2.45) is 5.92 Å². The van der Waals surface area contributed by atoms with Crippen LogP contribution in [0.25, 0.3) is 0 Å². The van der Waals surface area contributed by atoms with Gasteiger partial charge in [0, 0.05) is 11.9 Å². The largest absolute Gasteiger partial charge is 0.393 e. The summed E-state index contributed by atoms with van der Waals surface area (Å²) in [6.07, 6.45) is -0.703. The molecule has 0 aliphatic carbocycles. The van der Waals surface area contributed by atoms with Gasteiger partial charge >= 0.3 is 0 Å². The summed E-state index contributed by atoms with van der Waals surface area (Å²) in [4.78, 5) is 0. The van der Waals surface area contributed by atoms with Gasteiger partial charge in [0.05, 0.1) is 25.9 Å². The fourth-order valence-electron chi connectivity index (χ4n) is 1.85. The van der Waals surface area contributed by atoms with Gasteiger partial charge in [0.15, 0.2) is 0 Å². The van der Waals surface area contributed by atoms with Crippen LogP contribution in [0, 0.1) is 5.92 Å². The number of rotatable bonds is 1. The molecule has 0 aromatic carbocycles. The molecule has 0 spiro atoms. The van der Waals surface area contributed by atoms with Gasteiger partial charge in [0.25, 0.3) is 0 Å². The average molecular weight is 170 g/mol. The molecular formula is C7H11BO4. The molecule has 4 atom stereocenters. The number of fused-ring (bicyclic) bond motifs is 2. The highest BCUT2D eigenvalue weighted by molar-refractivity contribution is 6.11. The first kappa shape index (κ1) is 8.50. The molecule has 2 N–H and O–H groups in total. The number of aliphatic hydroxyl groups excluding tert-OH is 2. The van der Waals surface area contributed by atoms with Gasteiger partial charge in [-0.1, -0.05) is 0 Å². The Bertz CT molecular complexity index is 188. The van der Waals surface area contributed by atoms with E-state index < -0.39 is 17.7 Å². The lowest BCUT2D eigenvalue weighted by atomic mass is 9.81. The van der Waals surface area contributed by atoms with E-state index in [1.54, 1.807) is 0 Å². The Hall–Kier alpha value is -0.0951. The number of aliphatic hydroxyl groups is 2. The van der Waals surface area contributed by atoms with Crippen molar-refractivity contribution in [2.75, 3.05) is 19.8 Å². The van der Waals surface area contributed by atoms with Crippen molar-refractivity contribution in [1.29, 1.82) is 0 Å². The highest BCUT2D eigenvalue weighted by atomic mass is 16.6. The molecule has 2 saturated heterocycles. The Morgan fingerprint density at radius 3 is 2.92 bits per heavy atom. The number of hydrogen-bond donors (Lipinski definition) is 2. The normalized spacial score (nSPS) is 52.7. The number of ether oxygens (including phenoxy) is 2. The van der Waals surface area contributed by atoms with Crippen LogP contribution in [0.4, 0.5) is 0 Å². The molecule has 2 radical (unpaired) electrons. The lowest BCUT2D eigenvalue weighted by Crippen LogP contribution is -2.52. The summed E-state index contributed by atoms with van der Waals surface area (Å²) in [7, 11) is 5.60. The topological polar surface area (TPSA) is 58.9 Å². The standard InChI is InChI=1S/C7H11BO4/c8-6-4-1-11-3-7(2-9,12-6)5(4)10/h4-6,9-10H,1-3H2/t4-,5?,6+,7?/m0/s1. The van der Waals surface area contributed by atoms with Crippen molar-refractivity contribution < 1.29 is 19.7 Å². The van der Waals surface area contributed by atoms with Crippen molar-refractivity contribution >= 4 is 7.85 Å². The average Bonchev–Trinajstić information content (AvgIpc) is 2.23. The maximum Gasteiger partial charge on any atom is 0.140 e. The summed E-state index contributed by atoms with van der Waals surface area (Å²) in [6.45, 7) is 0.372. The quantitative estimate of drug-likeness (QED) is 0.458. The zero-order chi connectivity index (χ0) is 8.77. The molecule has 0 aromatic heterocycles. The summed E-state index contributed by atoms with van der Waals surface area (Å²) < 4.78 is 10.5. The van der Waals surface area contributed by atoms with Gasteiger partial charge in [-0.15, -0.1) is 0 Å². The van der Waals surface area contributed by atoms with Crippen molar-refractivity contribution in [3.05, 3.63) is 0 Å². The Morgan fingerprint density at radius 2 is 2.33 bits per heavy atom. The zero-order valence-electron chi connectivity index (χ0n) is 6.64. The zero-order valence-corrected chi connectivity index (χ0v) is 6.64. The Morgan fingerprint density at radius 1 is 1.58 bits per heavy atom. The van der Waals surface area contributed by atoms with Crippen molar-refractivity contribution in [1.82, 2.24) is 0 Å². The van der Waals surface area contributed by atoms with E-state index in [1.165, 1.54) is 0 Å². The molecule has 66 valence electrons. The van der Waals surface area contributed by atoms with E-state index >= 15 is 0 Å². The number of hydrogen-bond acceptors (Lipinski definition) is 4. The van der Waals surface area contributed by atoms with Gasteiger partial charge in [-0.2, -0.15) is 0 Å². The van der Waals surface area contributed by atoms with Crippen LogP contribution < -0.4 is 0 Å². The van der Waals surface area contributed by atoms with E-state index in [0.717, 1.165) is 0 Å². The molecule has 0 amide bonds. The third-order valence-electron chi connectivity index (χ3n) is 2.66. The highest BCUT2D eigenvalue weighted by Gasteiger charge is 2.55. The fourth-order valence-corrected chi connectivity index (χ4v) is 1.85. The molecule has 2 fully saturated rings. The predicted molar refractivity (Wildman–Crippen MR) is 40.8 cm³/mol. The van der Waals surface area contributed by atoms with Crippen LogP contribution in [0.3, 0.4) is 0 Å². The lowest BCUT2D eigenvalue weighted by molar-refractivity contribution is -0.153. The minimum absolute atomic E-state index is 0.203. The maximum absolute atomic E-state index is 9.68. The van der Waals surface area contributed by atoms with Gasteiger partial charge in [-0.3, -0.25) is 0 Å². The van der Waals surface area contributed by atoms with Gasteiger partial charge < -0.3 is 19.7 Å². The van der Waals surface area contributed by atoms with Crippen LogP contribution in [-0.4, -0.2) is 55.6 Å². The molecule has 5 heteroatoms. The minimum atomic E-state index is -0.970. The van der Waals surface area contributed by atoms with E-state index in [1.807, 2.05) is 0 Å². The van der Waals surface area contributed by atoms with E-state index in [2.05, 4.69) is 0 Å². The van der Waals surface area contributed by atoms with Gasteiger partial charge in [-0.25, -0.2) is 0 Å². The van der Waals surface area contributed by atoms with Crippen LogP contribution in [0.5, 0.6) is 0 Å². The molecule has 0 aromatic rings. The fraction of sp³-hybridized carbons (Fsp3) is 1.00. The van der Waals surface area contributed by atoms with Crippen LogP contribution in [0.15, 0.2) is 0 Å². The summed E-state index contributed by atoms with van der Waals surface area (Å²) >= 11 is 0. The molecule has 2 heterocycles. The summed E-state index contributed by atoms with van der Waals surface area (Å²) in [5.41, 5.74) is -0.970. The molecule has 0 saturated carbocycles. The predicted octanol–water partition coefficient (Wildman–Crippen LogP) is -1.75. The third kappa shape index (κ3) is 0.940. The van der Waals surface area contributed by atoms with E-state index in [0.29, 0.717) is 6.61 Å². The van der Waals surface area contributed by atoms with E-state index in [4.69, 9.17) is 22.4 Å². The maximum atomic E-state index is 9.68. The molecule has 2 unspecified atom stereocenters. The molecule has 2 aliphatic heterocycles. The molecular weight excluding hydrogens is 159 g/mol. The van der Waals surface area contributed by atoms with E-state index in [-0.39, 0.29) is 19.1 Å². The van der Waals surface area contributed by atoms with Crippen molar-refractivity contribution in [2.45, 2.75) is 17.7 Å². The molecule has 2 rings (SSSR count). The highest BCUT2D eigenvalue weighted by Crippen LogP contribution is 2.38. The summed E-state index contributed by atoms with van der Waals surface area (Å²) in [6, 6.07) is -0.519. The van der Waals surface area contributed by atoms with Crippen LogP contribution in [-0.2, 0) is 9.47 Å². The van der Waals surface area contributed by atoms with Crippen molar-refractivity contribution in [3.8, 4) is 0 Å². The van der Waals surface area contributed by atoms with Gasteiger partial charge in [0.2, 0.25) is 0 Å². The first-order valence-electron chi connectivity index (χ1n) is 4.00. The monoisotopic (exact) mass is 170 g/mol. The van der Waals surface area contributed by atoms with Crippen molar-refractivity contribution in [3.63, 3.8) is 0 Å². The first-order chi connectivity index (χ1) is 5.69. The second kappa shape index (κ2) is 2.70. The molecule has 12 heavy (non-hydrogen) atoms. The summed E-state index contributed by atoms with van der Waals surface area (Å²) in [5, 5.41) is 18.7. The summed E-state index contributed by atoms with van der Waals surface area (Å²) in [5.74, 6) is -0.203. The Labute approximate surface area is 71.9 Å². The Balaban J connectivity index is 2.24. The minimum Gasteiger partial charge on any atom is -0.393 e. The smallest absolute Gasteiger partial charge is 0.140 e. The second-order valence-electron chi connectivity index (χ2n) is 3.43. The van der Waals surface area contributed by atoms with Crippen LogP contribution in [0.2, 0.25) is 0 Å². The van der Waals surface area contributed by atoms with E-state index in [9.17, 15) is 5.11 Å². The van der Waals surface area contributed by atoms with Crippen LogP contribution in [0.1, 0.15) is 0 Å². The van der Waals surface area contributed by atoms with Crippen LogP contribution >= 0.6 is 0 Å². The molecule has 2 bridgehead atoms. The first-order valence-corrected chi connectivity index (χ1v) is 4.00. The van der Waals surface area contributed by atoms with Gasteiger partial charge in [-0.05, 0) is 0 Å². The molecule has 4 nitrogen and oxygen atoms in total. The Kier molecular flexibility index (Phi) is 1.91. The SMILES string of the molecule is [B][C@@H]1OC2(CO)COC[C@H]1C2O. The third-order valence-corrected chi connectivity index (χ3v) is 2.66. The second-order valence-corrected chi connectivity index (χ2v) is 3.43. The van der Waals surface area contributed by atoms with Gasteiger partial charge in [0.1, 0.15) is 13.4 Å².